The average Bonchev–Trinajstić information content (AvgIpc) is 2.93. The van der Waals surface area contributed by atoms with Gasteiger partial charge in [-0.3, -0.25) is 5.43 Å². The van der Waals surface area contributed by atoms with Crippen molar-refractivity contribution in [2.45, 2.75) is 20.5 Å². The summed E-state index contributed by atoms with van der Waals surface area (Å²) < 4.78 is 5.76. The minimum atomic E-state index is 0.316. The Kier molecular flexibility index (Phi) is 6.14. The number of benzene rings is 2. The lowest BCUT2D eigenvalue weighted by molar-refractivity contribution is 0.306. The Morgan fingerprint density at radius 3 is 2.42 bits per heavy atom. The normalized spacial score (nSPS) is 11.1. The minimum absolute atomic E-state index is 0.316. The van der Waals surface area contributed by atoms with Gasteiger partial charge in [0.25, 0.3) is 0 Å². The van der Waals surface area contributed by atoms with Crippen LogP contribution in [-0.4, -0.2) is 11.2 Å². The van der Waals surface area contributed by atoms with E-state index in [0.717, 1.165) is 27.7 Å². The van der Waals surface area contributed by atoms with Crippen molar-refractivity contribution in [1.29, 1.82) is 0 Å². The van der Waals surface area contributed by atoms with Gasteiger partial charge in [-0.05, 0) is 55.8 Å². The molecule has 0 aliphatic carbocycles. The maximum Gasteiger partial charge on any atom is 0.203 e. The largest absolute Gasteiger partial charge is 0.489 e. The second kappa shape index (κ2) is 8.54. The lowest BCUT2D eigenvalue weighted by Gasteiger charge is -2.09. The molecule has 0 bridgehead atoms. The molecule has 7 heteroatoms. The fraction of sp³-hybridized carbons (Fsp3) is 0.158. The summed E-state index contributed by atoms with van der Waals surface area (Å²) in [5.74, 6) is 0.734. The molecule has 26 heavy (non-hydrogen) atoms. The first kappa shape index (κ1) is 18.7. The summed E-state index contributed by atoms with van der Waals surface area (Å²) in [6.45, 7) is 4.34. The van der Waals surface area contributed by atoms with Crippen molar-refractivity contribution in [1.82, 2.24) is 4.98 Å². The van der Waals surface area contributed by atoms with Crippen molar-refractivity contribution in [3.63, 3.8) is 0 Å². The van der Waals surface area contributed by atoms with Crippen LogP contribution >= 0.6 is 34.5 Å². The first-order valence-corrected chi connectivity index (χ1v) is 9.49. The third-order valence-electron chi connectivity index (χ3n) is 3.73. The van der Waals surface area contributed by atoms with Gasteiger partial charge in [-0.2, -0.15) is 5.10 Å². The first-order chi connectivity index (χ1) is 12.5. The standard InChI is InChI=1S/C19H17Cl2N3OS/c1-12-13(2)26-19(23-12)24-22-10-14-6-8-15(9-7-14)25-11-16-17(20)4-3-5-18(16)21/h3-10H,11H2,1-2H3,(H,23,24)/b22-10-. The van der Waals surface area contributed by atoms with Gasteiger partial charge >= 0.3 is 0 Å². The zero-order valence-corrected chi connectivity index (χ0v) is 16.6. The van der Waals surface area contributed by atoms with Gasteiger partial charge in [0.1, 0.15) is 12.4 Å². The summed E-state index contributed by atoms with van der Waals surface area (Å²) in [6, 6.07) is 13.0. The molecular formula is C19H17Cl2N3OS. The molecule has 134 valence electrons. The molecule has 0 radical (unpaired) electrons. The highest BCUT2D eigenvalue weighted by Gasteiger charge is 2.06. The van der Waals surface area contributed by atoms with Gasteiger partial charge in [-0.15, -0.1) is 11.3 Å². The molecule has 0 aliphatic heterocycles. The van der Waals surface area contributed by atoms with E-state index in [1.807, 2.05) is 44.2 Å². The zero-order chi connectivity index (χ0) is 18.5. The quantitative estimate of drug-likeness (QED) is 0.398. The van der Waals surface area contributed by atoms with E-state index in [1.165, 1.54) is 4.88 Å². The summed E-state index contributed by atoms with van der Waals surface area (Å²) in [4.78, 5) is 5.56. The van der Waals surface area contributed by atoms with Crippen LogP contribution in [0.1, 0.15) is 21.7 Å². The fourth-order valence-electron chi connectivity index (χ4n) is 2.16. The summed E-state index contributed by atoms with van der Waals surface area (Å²) in [6.07, 6.45) is 1.74. The number of nitrogens with one attached hydrogen (secondary N) is 1. The monoisotopic (exact) mass is 405 g/mol. The van der Waals surface area contributed by atoms with Crippen molar-refractivity contribution in [2.75, 3.05) is 5.43 Å². The maximum atomic E-state index is 6.15. The summed E-state index contributed by atoms with van der Waals surface area (Å²) in [5, 5.41) is 6.19. The fourth-order valence-corrected chi connectivity index (χ4v) is 3.43. The topological polar surface area (TPSA) is 46.5 Å². The molecule has 1 N–H and O–H groups in total. The molecule has 0 atom stereocenters. The van der Waals surface area contributed by atoms with Gasteiger partial charge in [0, 0.05) is 20.5 Å². The maximum absolute atomic E-state index is 6.15. The van der Waals surface area contributed by atoms with Gasteiger partial charge in [-0.1, -0.05) is 29.3 Å². The van der Waals surface area contributed by atoms with Gasteiger partial charge in [0.15, 0.2) is 0 Å². The molecule has 4 nitrogen and oxygen atoms in total. The number of nitrogens with zero attached hydrogens (tertiary/aromatic N) is 2. The predicted octanol–water partition coefficient (Wildman–Crippen LogP) is 6.09. The Morgan fingerprint density at radius 2 is 1.81 bits per heavy atom. The van der Waals surface area contributed by atoms with E-state index in [0.29, 0.717) is 16.7 Å². The van der Waals surface area contributed by atoms with Crippen LogP contribution in [0, 0.1) is 13.8 Å². The molecular weight excluding hydrogens is 389 g/mol. The number of ether oxygens (including phenoxy) is 1. The van der Waals surface area contributed by atoms with E-state index in [2.05, 4.69) is 15.5 Å². The summed E-state index contributed by atoms with van der Waals surface area (Å²) >= 11 is 13.9. The van der Waals surface area contributed by atoms with Crippen molar-refractivity contribution in [3.05, 3.63) is 74.2 Å². The van der Waals surface area contributed by atoms with E-state index < -0.39 is 0 Å². The number of halogens is 2. The number of anilines is 1. The number of thiazole rings is 1. The van der Waals surface area contributed by atoms with Crippen molar-refractivity contribution in [2.24, 2.45) is 5.10 Å². The third kappa shape index (κ3) is 4.75. The molecule has 0 aliphatic rings. The molecule has 1 heterocycles. The van der Waals surface area contributed by atoms with Crippen molar-refractivity contribution >= 4 is 45.9 Å². The van der Waals surface area contributed by atoms with Gasteiger partial charge in [0.2, 0.25) is 5.13 Å². The summed E-state index contributed by atoms with van der Waals surface area (Å²) in [7, 11) is 0. The van der Waals surface area contributed by atoms with Crippen LogP contribution < -0.4 is 10.2 Å². The Hall–Kier alpha value is -2.08. The molecule has 2 aromatic carbocycles. The predicted molar refractivity (Wildman–Crippen MR) is 110 cm³/mol. The number of aromatic nitrogens is 1. The van der Waals surface area contributed by atoms with E-state index in [1.54, 1.807) is 29.7 Å². The lowest BCUT2D eigenvalue weighted by Crippen LogP contribution is -1.97. The molecule has 0 saturated carbocycles. The molecule has 0 amide bonds. The van der Waals surface area contributed by atoms with Crippen LogP contribution in [0.15, 0.2) is 47.6 Å². The van der Waals surface area contributed by atoms with E-state index >= 15 is 0 Å². The van der Waals surface area contributed by atoms with Crippen molar-refractivity contribution < 1.29 is 4.74 Å². The highest BCUT2D eigenvalue weighted by atomic mass is 35.5. The highest BCUT2D eigenvalue weighted by Crippen LogP contribution is 2.26. The van der Waals surface area contributed by atoms with Gasteiger partial charge < -0.3 is 4.74 Å². The Balaban J connectivity index is 1.57. The average molecular weight is 406 g/mol. The van der Waals surface area contributed by atoms with E-state index in [9.17, 15) is 0 Å². The van der Waals surface area contributed by atoms with Crippen LogP contribution in [0.4, 0.5) is 5.13 Å². The van der Waals surface area contributed by atoms with Crippen molar-refractivity contribution in [3.8, 4) is 5.75 Å². The zero-order valence-electron chi connectivity index (χ0n) is 14.3. The number of hydrogen-bond acceptors (Lipinski definition) is 5. The Labute approximate surface area is 166 Å². The van der Waals surface area contributed by atoms with Crippen LogP contribution in [-0.2, 0) is 6.61 Å². The van der Waals surface area contributed by atoms with Crippen LogP contribution in [0.2, 0.25) is 10.0 Å². The Bertz CT molecular complexity index is 883. The number of hydrogen-bond donors (Lipinski definition) is 1. The molecule has 3 rings (SSSR count). The van der Waals surface area contributed by atoms with Gasteiger partial charge in [-0.25, -0.2) is 4.98 Å². The van der Waals surface area contributed by atoms with Crippen LogP contribution in [0.5, 0.6) is 5.75 Å². The molecule has 3 aromatic rings. The van der Waals surface area contributed by atoms with E-state index in [-0.39, 0.29) is 0 Å². The molecule has 0 fully saturated rings. The number of hydrazone groups is 1. The molecule has 0 saturated heterocycles. The molecule has 0 spiro atoms. The van der Waals surface area contributed by atoms with Crippen LogP contribution in [0.3, 0.4) is 0 Å². The molecule has 1 aromatic heterocycles. The molecule has 0 unspecified atom stereocenters. The smallest absolute Gasteiger partial charge is 0.203 e. The SMILES string of the molecule is Cc1nc(N/N=C\c2ccc(OCc3c(Cl)cccc3Cl)cc2)sc1C. The lowest BCUT2D eigenvalue weighted by atomic mass is 10.2. The Morgan fingerprint density at radius 1 is 1.12 bits per heavy atom. The third-order valence-corrected chi connectivity index (χ3v) is 5.41. The number of aryl methyl sites for hydroxylation is 2. The minimum Gasteiger partial charge on any atom is -0.489 e. The van der Waals surface area contributed by atoms with Gasteiger partial charge in [0.05, 0.1) is 11.9 Å². The second-order valence-corrected chi connectivity index (χ2v) is 7.61. The number of rotatable bonds is 6. The highest BCUT2D eigenvalue weighted by molar-refractivity contribution is 7.15. The van der Waals surface area contributed by atoms with Crippen LogP contribution in [0.25, 0.3) is 0 Å². The summed E-state index contributed by atoms with van der Waals surface area (Å²) in [5.41, 5.74) is 5.69. The van der Waals surface area contributed by atoms with E-state index in [4.69, 9.17) is 27.9 Å². The first-order valence-electron chi connectivity index (χ1n) is 7.92. The second-order valence-electron chi connectivity index (χ2n) is 5.59.